The number of nitrogens with one attached hydrogen (secondary N) is 1. The molecule has 1 atom stereocenters. The number of benzene rings is 3. The summed E-state index contributed by atoms with van der Waals surface area (Å²) >= 11 is 0. The fourth-order valence-electron chi connectivity index (χ4n) is 4.35. The van der Waals surface area contributed by atoms with Crippen LogP contribution in [-0.4, -0.2) is 41.8 Å². The molecule has 1 aliphatic heterocycles. The number of aryl methyl sites for hydroxylation is 1. The molecule has 0 saturated carbocycles. The standard InChI is InChI=1S/C27H29N3O3/c1-4-14-28-26(32)19(3)29(16-20-9-5-8-18(2)15-20)24(31)17-30-23-13-7-11-21-10-6-12-22(25(21)23)27(30)33/h5-13,15,19H,4,14,16-17H2,1-3H3,(H,28,32)/t19-/m0/s1. The van der Waals surface area contributed by atoms with Gasteiger partial charge in [-0.15, -0.1) is 0 Å². The molecule has 0 saturated heterocycles. The van der Waals surface area contributed by atoms with Crippen LogP contribution in [0.5, 0.6) is 0 Å². The van der Waals surface area contributed by atoms with Crippen LogP contribution in [0.4, 0.5) is 5.69 Å². The molecule has 1 N–H and O–H groups in total. The first-order valence-electron chi connectivity index (χ1n) is 11.4. The monoisotopic (exact) mass is 443 g/mol. The average molecular weight is 444 g/mol. The van der Waals surface area contributed by atoms with E-state index in [9.17, 15) is 14.4 Å². The number of hydrogen-bond donors (Lipinski definition) is 1. The second-order valence-electron chi connectivity index (χ2n) is 8.55. The number of carbonyl (C=O) groups excluding carboxylic acids is 3. The first-order valence-corrected chi connectivity index (χ1v) is 11.4. The van der Waals surface area contributed by atoms with Crippen LogP contribution < -0.4 is 10.2 Å². The van der Waals surface area contributed by atoms with E-state index >= 15 is 0 Å². The summed E-state index contributed by atoms with van der Waals surface area (Å²) in [4.78, 5) is 42.6. The maximum atomic E-state index is 13.6. The normalized spacial score (nSPS) is 13.3. The van der Waals surface area contributed by atoms with Crippen LogP contribution >= 0.6 is 0 Å². The minimum atomic E-state index is -0.666. The topological polar surface area (TPSA) is 69.7 Å². The van der Waals surface area contributed by atoms with Crippen molar-refractivity contribution in [3.05, 3.63) is 77.4 Å². The highest BCUT2D eigenvalue weighted by atomic mass is 16.2. The van der Waals surface area contributed by atoms with Gasteiger partial charge < -0.3 is 10.2 Å². The zero-order chi connectivity index (χ0) is 23.5. The number of carbonyl (C=O) groups is 3. The molecule has 3 aromatic rings. The van der Waals surface area contributed by atoms with E-state index in [0.29, 0.717) is 18.7 Å². The summed E-state index contributed by atoms with van der Waals surface area (Å²) in [7, 11) is 0. The van der Waals surface area contributed by atoms with E-state index in [1.807, 2.05) is 68.4 Å². The Morgan fingerprint density at radius 1 is 1.06 bits per heavy atom. The van der Waals surface area contributed by atoms with Crippen molar-refractivity contribution in [2.45, 2.75) is 39.8 Å². The van der Waals surface area contributed by atoms with Crippen molar-refractivity contribution in [3.63, 3.8) is 0 Å². The third-order valence-electron chi connectivity index (χ3n) is 6.09. The van der Waals surface area contributed by atoms with Gasteiger partial charge in [0, 0.05) is 24.0 Å². The van der Waals surface area contributed by atoms with Gasteiger partial charge >= 0.3 is 0 Å². The molecule has 3 aromatic carbocycles. The van der Waals surface area contributed by atoms with Gasteiger partial charge in [-0.3, -0.25) is 19.3 Å². The molecule has 0 aromatic heterocycles. The first kappa shape index (κ1) is 22.5. The van der Waals surface area contributed by atoms with Crippen LogP contribution in [0.15, 0.2) is 60.7 Å². The molecular formula is C27H29N3O3. The van der Waals surface area contributed by atoms with E-state index in [-0.39, 0.29) is 24.3 Å². The lowest BCUT2D eigenvalue weighted by Gasteiger charge is -2.30. The molecule has 6 heteroatoms. The molecule has 0 unspecified atom stereocenters. The molecule has 4 rings (SSSR count). The minimum Gasteiger partial charge on any atom is -0.354 e. The van der Waals surface area contributed by atoms with Crippen molar-refractivity contribution in [3.8, 4) is 0 Å². The number of hydrogen-bond acceptors (Lipinski definition) is 3. The number of amides is 3. The number of anilines is 1. The average Bonchev–Trinajstić information content (AvgIpc) is 3.08. The lowest BCUT2D eigenvalue weighted by molar-refractivity contribution is -0.139. The molecule has 0 radical (unpaired) electrons. The molecule has 0 bridgehead atoms. The van der Waals surface area contributed by atoms with Gasteiger partial charge in [0.2, 0.25) is 11.8 Å². The molecule has 0 fully saturated rings. The molecule has 170 valence electrons. The largest absolute Gasteiger partial charge is 0.354 e. The van der Waals surface area contributed by atoms with Gasteiger partial charge in [0.05, 0.1) is 5.69 Å². The van der Waals surface area contributed by atoms with Crippen molar-refractivity contribution in [2.24, 2.45) is 0 Å². The Kier molecular flexibility index (Phi) is 6.45. The van der Waals surface area contributed by atoms with Crippen molar-refractivity contribution in [1.29, 1.82) is 0 Å². The van der Waals surface area contributed by atoms with E-state index in [1.165, 1.54) is 4.90 Å². The highest BCUT2D eigenvalue weighted by Crippen LogP contribution is 2.37. The SMILES string of the molecule is CCCNC(=O)[C@H](C)N(Cc1cccc(C)c1)C(=O)CN1C(=O)c2cccc3cccc1c23. The molecule has 6 nitrogen and oxygen atoms in total. The summed E-state index contributed by atoms with van der Waals surface area (Å²) in [6, 6.07) is 18.6. The van der Waals surface area contributed by atoms with Crippen molar-refractivity contribution in [2.75, 3.05) is 18.0 Å². The van der Waals surface area contributed by atoms with Gasteiger partial charge in [-0.1, -0.05) is 61.0 Å². The highest BCUT2D eigenvalue weighted by molar-refractivity contribution is 6.26. The smallest absolute Gasteiger partial charge is 0.259 e. The zero-order valence-corrected chi connectivity index (χ0v) is 19.3. The third kappa shape index (κ3) is 4.46. The third-order valence-corrected chi connectivity index (χ3v) is 6.09. The Morgan fingerprint density at radius 3 is 2.52 bits per heavy atom. The first-order chi connectivity index (χ1) is 15.9. The van der Waals surface area contributed by atoms with Crippen LogP contribution in [0.25, 0.3) is 10.8 Å². The summed E-state index contributed by atoms with van der Waals surface area (Å²) in [6.45, 7) is 6.44. The minimum absolute atomic E-state index is 0.121. The Morgan fingerprint density at radius 2 is 1.79 bits per heavy atom. The van der Waals surface area contributed by atoms with Crippen LogP contribution in [0.1, 0.15) is 41.8 Å². The van der Waals surface area contributed by atoms with E-state index in [1.54, 1.807) is 17.9 Å². The molecule has 0 aliphatic carbocycles. The number of rotatable bonds is 8. The lowest BCUT2D eigenvalue weighted by atomic mass is 10.1. The van der Waals surface area contributed by atoms with Crippen LogP contribution in [0.3, 0.4) is 0 Å². The van der Waals surface area contributed by atoms with Gasteiger partial charge in [-0.25, -0.2) is 0 Å². The summed E-state index contributed by atoms with van der Waals surface area (Å²) in [5.41, 5.74) is 3.37. The second-order valence-corrected chi connectivity index (χ2v) is 8.55. The van der Waals surface area contributed by atoms with Crippen LogP contribution in [0.2, 0.25) is 0 Å². The maximum absolute atomic E-state index is 13.6. The van der Waals surface area contributed by atoms with Crippen molar-refractivity contribution in [1.82, 2.24) is 10.2 Å². The van der Waals surface area contributed by atoms with Crippen LogP contribution in [0, 0.1) is 6.92 Å². The Labute approximate surface area is 194 Å². The highest BCUT2D eigenvalue weighted by Gasteiger charge is 2.34. The second kappa shape index (κ2) is 9.45. The summed E-state index contributed by atoms with van der Waals surface area (Å²) in [5, 5.41) is 4.73. The molecule has 33 heavy (non-hydrogen) atoms. The fourth-order valence-corrected chi connectivity index (χ4v) is 4.35. The molecule has 1 aliphatic rings. The van der Waals surface area contributed by atoms with E-state index in [2.05, 4.69) is 5.32 Å². The van der Waals surface area contributed by atoms with E-state index < -0.39 is 6.04 Å². The molecule has 3 amide bonds. The van der Waals surface area contributed by atoms with Gasteiger partial charge in [-0.05, 0) is 43.4 Å². The lowest BCUT2D eigenvalue weighted by Crippen LogP contribution is -2.51. The quantitative estimate of drug-likeness (QED) is 0.571. The van der Waals surface area contributed by atoms with Gasteiger partial charge in [0.25, 0.3) is 5.91 Å². The fraction of sp³-hybridized carbons (Fsp3) is 0.296. The molecule has 1 heterocycles. The Bertz CT molecular complexity index is 1210. The van der Waals surface area contributed by atoms with Gasteiger partial charge in [0.1, 0.15) is 12.6 Å². The predicted octanol–water partition coefficient (Wildman–Crippen LogP) is 4.05. The van der Waals surface area contributed by atoms with E-state index in [4.69, 9.17) is 0 Å². The number of nitrogens with zero attached hydrogens (tertiary/aromatic N) is 2. The Balaban J connectivity index is 1.62. The van der Waals surface area contributed by atoms with Crippen LogP contribution in [-0.2, 0) is 16.1 Å². The maximum Gasteiger partial charge on any atom is 0.259 e. The van der Waals surface area contributed by atoms with Crippen molar-refractivity contribution < 1.29 is 14.4 Å². The van der Waals surface area contributed by atoms with Crippen molar-refractivity contribution >= 4 is 34.2 Å². The summed E-state index contributed by atoms with van der Waals surface area (Å²) < 4.78 is 0. The zero-order valence-electron chi connectivity index (χ0n) is 19.3. The molecular weight excluding hydrogens is 414 g/mol. The Hall–Kier alpha value is -3.67. The summed E-state index contributed by atoms with van der Waals surface area (Å²) in [6.07, 6.45) is 0.814. The molecule has 0 spiro atoms. The van der Waals surface area contributed by atoms with E-state index in [0.717, 1.165) is 34.0 Å². The van der Waals surface area contributed by atoms with Gasteiger partial charge in [0.15, 0.2) is 0 Å². The summed E-state index contributed by atoms with van der Waals surface area (Å²) in [5.74, 6) is -0.654. The van der Waals surface area contributed by atoms with Gasteiger partial charge in [-0.2, -0.15) is 0 Å². The predicted molar refractivity (Wildman–Crippen MR) is 130 cm³/mol.